The molecular weight excluding hydrogens is 294 g/mol. The minimum absolute atomic E-state index is 0.158. The highest BCUT2D eigenvalue weighted by Crippen LogP contribution is 2.19. The number of para-hydroxylation sites is 1. The fourth-order valence-electron chi connectivity index (χ4n) is 2.07. The van der Waals surface area contributed by atoms with Gasteiger partial charge in [0.15, 0.2) is 6.10 Å². The smallest absolute Gasteiger partial charge is 0.260 e. The summed E-state index contributed by atoms with van der Waals surface area (Å²) in [6.45, 7) is 4.81. The Morgan fingerprint density at radius 3 is 2.78 bits per heavy atom. The van der Waals surface area contributed by atoms with E-state index in [-0.39, 0.29) is 5.91 Å². The molecule has 1 amide bonds. The largest absolute Gasteiger partial charge is 0.463 e. The van der Waals surface area contributed by atoms with Gasteiger partial charge in [-0.05, 0) is 32.4 Å². The summed E-state index contributed by atoms with van der Waals surface area (Å²) in [5.74, 6) is 0.308. The molecule has 6 nitrogen and oxygen atoms in total. The van der Waals surface area contributed by atoms with Crippen LogP contribution in [-0.4, -0.2) is 42.1 Å². The molecule has 1 aromatic heterocycles. The monoisotopic (exact) mass is 317 g/mol. The number of aryl methyl sites for hydroxylation is 1. The summed E-state index contributed by atoms with van der Waals surface area (Å²) in [6, 6.07) is 9.77. The summed E-state index contributed by atoms with van der Waals surface area (Å²) in [5, 5.41) is 7.22. The molecule has 23 heavy (non-hydrogen) atoms. The minimum atomic E-state index is -0.602. The molecule has 1 aromatic carbocycles. The van der Waals surface area contributed by atoms with Gasteiger partial charge in [0, 0.05) is 32.0 Å². The van der Waals surface area contributed by atoms with E-state index >= 15 is 0 Å². The number of nitrogens with one attached hydrogen (secondary N) is 1. The van der Waals surface area contributed by atoms with E-state index in [1.165, 1.54) is 0 Å². The fraction of sp³-hybridized carbons (Fsp3) is 0.412. The van der Waals surface area contributed by atoms with E-state index < -0.39 is 6.10 Å². The molecular formula is C17H23N3O3. The molecule has 0 spiro atoms. The highest BCUT2D eigenvalue weighted by atomic mass is 16.5. The summed E-state index contributed by atoms with van der Waals surface area (Å²) in [5.41, 5.74) is 1.83. The van der Waals surface area contributed by atoms with Crippen LogP contribution in [0.3, 0.4) is 0 Å². The maximum absolute atomic E-state index is 12.0. The number of carbonyl (C=O) groups is 1. The van der Waals surface area contributed by atoms with Gasteiger partial charge in [-0.1, -0.05) is 18.2 Å². The second-order valence-corrected chi connectivity index (χ2v) is 5.29. The number of amides is 1. The Bertz CT molecular complexity index is 625. The third kappa shape index (κ3) is 4.82. The van der Waals surface area contributed by atoms with Crippen LogP contribution in [0.2, 0.25) is 0 Å². The van der Waals surface area contributed by atoms with Crippen LogP contribution in [-0.2, 0) is 9.53 Å². The lowest BCUT2D eigenvalue weighted by molar-refractivity contribution is -0.127. The van der Waals surface area contributed by atoms with E-state index in [9.17, 15) is 4.79 Å². The number of hydrogen-bond acceptors (Lipinski definition) is 4. The van der Waals surface area contributed by atoms with Crippen LogP contribution >= 0.6 is 0 Å². The lowest BCUT2D eigenvalue weighted by Crippen LogP contribution is -2.37. The molecule has 1 N–H and O–H groups in total. The van der Waals surface area contributed by atoms with Gasteiger partial charge in [-0.3, -0.25) is 4.79 Å². The van der Waals surface area contributed by atoms with Crippen LogP contribution in [0.25, 0.3) is 5.69 Å². The number of benzene rings is 1. The lowest BCUT2D eigenvalue weighted by Gasteiger charge is -2.13. The topological polar surface area (TPSA) is 65.4 Å². The van der Waals surface area contributed by atoms with E-state index in [0.29, 0.717) is 19.0 Å². The number of aromatic nitrogens is 2. The lowest BCUT2D eigenvalue weighted by atomic mass is 10.3. The van der Waals surface area contributed by atoms with E-state index in [1.54, 1.807) is 18.7 Å². The zero-order chi connectivity index (χ0) is 16.7. The number of hydrogen-bond donors (Lipinski definition) is 1. The van der Waals surface area contributed by atoms with Gasteiger partial charge in [-0.25, -0.2) is 4.68 Å². The third-order valence-corrected chi connectivity index (χ3v) is 3.35. The molecule has 0 fully saturated rings. The van der Waals surface area contributed by atoms with Crippen molar-refractivity contribution in [3.8, 4) is 11.6 Å². The van der Waals surface area contributed by atoms with Crippen LogP contribution < -0.4 is 10.1 Å². The van der Waals surface area contributed by atoms with Crippen molar-refractivity contribution in [2.75, 3.05) is 20.3 Å². The standard InChI is InChI=1S/C17H23N3O3/c1-13-12-20(15-8-5-4-6-9-15)19-17(13)23-14(2)16(21)18-10-7-11-22-3/h4-6,8-9,12,14H,7,10-11H2,1-3H3,(H,18,21)/t14-/m0/s1. The summed E-state index contributed by atoms with van der Waals surface area (Å²) in [4.78, 5) is 12.0. The number of methoxy groups -OCH3 is 1. The van der Waals surface area contributed by atoms with Gasteiger partial charge < -0.3 is 14.8 Å². The van der Waals surface area contributed by atoms with Crippen LogP contribution in [0.4, 0.5) is 0 Å². The molecule has 0 aliphatic rings. The Morgan fingerprint density at radius 1 is 1.35 bits per heavy atom. The fourth-order valence-corrected chi connectivity index (χ4v) is 2.07. The first-order valence-corrected chi connectivity index (χ1v) is 7.67. The number of rotatable bonds is 8. The van der Waals surface area contributed by atoms with Crippen molar-refractivity contribution in [3.63, 3.8) is 0 Å². The van der Waals surface area contributed by atoms with Gasteiger partial charge in [0.25, 0.3) is 5.91 Å². The molecule has 6 heteroatoms. The normalized spacial score (nSPS) is 12.0. The molecule has 0 aliphatic carbocycles. The van der Waals surface area contributed by atoms with Crippen LogP contribution in [0, 0.1) is 6.92 Å². The first-order valence-electron chi connectivity index (χ1n) is 7.67. The molecule has 2 rings (SSSR count). The first-order chi connectivity index (χ1) is 11.1. The van der Waals surface area contributed by atoms with Gasteiger partial charge in [0.05, 0.1) is 5.69 Å². The zero-order valence-corrected chi connectivity index (χ0v) is 13.8. The van der Waals surface area contributed by atoms with E-state index in [0.717, 1.165) is 17.7 Å². The maximum Gasteiger partial charge on any atom is 0.260 e. The van der Waals surface area contributed by atoms with Crippen LogP contribution in [0.1, 0.15) is 18.9 Å². The summed E-state index contributed by atoms with van der Waals surface area (Å²) < 4.78 is 12.4. The maximum atomic E-state index is 12.0. The van der Waals surface area contributed by atoms with Crippen LogP contribution in [0.5, 0.6) is 5.88 Å². The molecule has 0 aliphatic heterocycles. The highest BCUT2D eigenvalue weighted by molar-refractivity contribution is 5.80. The average molecular weight is 317 g/mol. The van der Waals surface area contributed by atoms with Crippen molar-refractivity contribution in [1.82, 2.24) is 15.1 Å². The number of carbonyl (C=O) groups excluding carboxylic acids is 1. The van der Waals surface area contributed by atoms with E-state index in [1.807, 2.05) is 43.5 Å². The highest BCUT2D eigenvalue weighted by Gasteiger charge is 2.17. The molecule has 1 heterocycles. The predicted octanol–water partition coefficient (Wildman–Crippen LogP) is 2.10. The van der Waals surface area contributed by atoms with Gasteiger partial charge in [-0.15, -0.1) is 5.10 Å². The molecule has 1 atom stereocenters. The quantitative estimate of drug-likeness (QED) is 0.757. The summed E-state index contributed by atoms with van der Waals surface area (Å²) in [7, 11) is 1.64. The summed E-state index contributed by atoms with van der Waals surface area (Å²) in [6.07, 6.45) is 2.06. The van der Waals surface area contributed by atoms with Gasteiger partial charge in [0.1, 0.15) is 0 Å². The van der Waals surface area contributed by atoms with Crippen molar-refractivity contribution in [2.45, 2.75) is 26.4 Å². The Hall–Kier alpha value is -2.34. The molecule has 0 saturated heterocycles. The molecule has 0 saturated carbocycles. The van der Waals surface area contributed by atoms with Crippen LogP contribution in [0.15, 0.2) is 36.5 Å². The zero-order valence-electron chi connectivity index (χ0n) is 13.8. The Kier molecular flexibility index (Phi) is 6.17. The number of ether oxygens (including phenoxy) is 2. The third-order valence-electron chi connectivity index (χ3n) is 3.35. The predicted molar refractivity (Wildman–Crippen MR) is 87.9 cm³/mol. The molecule has 0 radical (unpaired) electrons. The van der Waals surface area contributed by atoms with Crippen molar-refractivity contribution in [1.29, 1.82) is 0 Å². The molecule has 0 bridgehead atoms. The van der Waals surface area contributed by atoms with E-state index in [4.69, 9.17) is 9.47 Å². The van der Waals surface area contributed by atoms with Gasteiger partial charge >= 0.3 is 0 Å². The van der Waals surface area contributed by atoms with Crippen molar-refractivity contribution < 1.29 is 14.3 Å². The van der Waals surface area contributed by atoms with E-state index in [2.05, 4.69) is 10.4 Å². The van der Waals surface area contributed by atoms with Crippen molar-refractivity contribution in [2.24, 2.45) is 0 Å². The number of nitrogens with zero attached hydrogens (tertiary/aromatic N) is 2. The van der Waals surface area contributed by atoms with Gasteiger partial charge in [0.2, 0.25) is 5.88 Å². The Labute approximate surface area is 136 Å². The SMILES string of the molecule is COCCCNC(=O)[C@H](C)Oc1nn(-c2ccccc2)cc1C. The van der Waals surface area contributed by atoms with Gasteiger partial charge in [-0.2, -0.15) is 0 Å². The van der Waals surface area contributed by atoms with Crippen molar-refractivity contribution >= 4 is 5.91 Å². The summed E-state index contributed by atoms with van der Waals surface area (Å²) >= 11 is 0. The second-order valence-electron chi connectivity index (χ2n) is 5.29. The molecule has 124 valence electrons. The average Bonchev–Trinajstić information content (AvgIpc) is 2.93. The minimum Gasteiger partial charge on any atom is -0.463 e. The second kappa shape index (κ2) is 8.33. The molecule has 2 aromatic rings. The van der Waals surface area contributed by atoms with Crippen molar-refractivity contribution in [3.05, 3.63) is 42.1 Å². The Morgan fingerprint density at radius 2 is 2.09 bits per heavy atom. The molecule has 0 unspecified atom stereocenters. The Balaban J connectivity index is 1.95. The first kappa shape index (κ1) is 17.0.